The largest absolute Gasteiger partial charge is 0.0776 e. The van der Waals surface area contributed by atoms with Crippen molar-refractivity contribution in [3.63, 3.8) is 0 Å². The molecule has 0 radical (unpaired) electrons. The summed E-state index contributed by atoms with van der Waals surface area (Å²) in [6.45, 7) is 0. The summed E-state index contributed by atoms with van der Waals surface area (Å²) in [5, 5.41) is 0. The van der Waals surface area contributed by atoms with Gasteiger partial charge in [0.1, 0.15) is 0 Å². The maximum atomic E-state index is 3.11. The molecule has 3 saturated carbocycles. The zero-order valence-electron chi connectivity index (χ0n) is 34.5. The van der Waals surface area contributed by atoms with Crippen molar-refractivity contribution in [2.24, 2.45) is 17.8 Å². The van der Waals surface area contributed by atoms with Crippen molar-refractivity contribution in [1.82, 2.24) is 0 Å². The molecule has 3 fully saturated rings. The molecule has 0 spiro atoms. The average Bonchev–Trinajstić information content (AvgIpc) is 3.30. The molecule has 5 aromatic carbocycles. The van der Waals surface area contributed by atoms with Gasteiger partial charge in [0.2, 0.25) is 0 Å². The van der Waals surface area contributed by atoms with E-state index in [0.29, 0.717) is 0 Å². The van der Waals surface area contributed by atoms with Crippen LogP contribution in [0.2, 0.25) is 0 Å². The van der Waals surface area contributed by atoms with Crippen LogP contribution in [0.15, 0.2) is 152 Å². The van der Waals surface area contributed by atoms with E-state index in [0.717, 1.165) is 41.7 Å². The molecule has 58 heavy (non-hydrogen) atoms. The molecule has 0 aromatic heterocycles. The molecular weight excluding hydrogens is 697 g/mol. The second-order valence-electron chi connectivity index (χ2n) is 16.6. The van der Waals surface area contributed by atoms with Crippen LogP contribution in [0, 0.1) is 29.6 Å². The Labute approximate surface area is 357 Å². The summed E-state index contributed by atoms with van der Waals surface area (Å²) in [5.74, 6) is 9.47. The van der Waals surface area contributed by atoms with Crippen molar-refractivity contribution in [1.29, 1.82) is 0 Å². The van der Waals surface area contributed by atoms with Gasteiger partial charge in [-0.1, -0.05) is 263 Å². The zero-order valence-corrected chi connectivity index (χ0v) is 34.5. The lowest BCUT2D eigenvalue weighted by Crippen LogP contribution is -2.11. The first kappa shape index (κ1) is 48.0. The topological polar surface area (TPSA) is 0 Å². The third-order valence-electron chi connectivity index (χ3n) is 12.1. The molecule has 0 amide bonds. The maximum Gasteiger partial charge on any atom is 0.0249 e. The van der Waals surface area contributed by atoms with Gasteiger partial charge >= 0.3 is 0 Å². The fraction of sp³-hybridized carbons (Fsp3) is 0.448. The Kier molecular flexibility index (Phi) is 25.4. The van der Waals surface area contributed by atoms with Gasteiger partial charge in [-0.05, 0) is 84.4 Å². The van der Waals surface area contributed by atoms with Crippen LogP contribution in [0.25, 0.3) is 0 Å². The standard InChI is InChI=1S/C14H26.C14H20.C14H14.C14H10.2CH4/c4*1-3-7-13(8-4-1)11-12-14-9-5-2-6-10-14;;/h13-14H,1-12H2;1,3-4,7-8,14H,2,5-6,9-12H2;1-10H,11-12H2;1-10H;2*1H4. The molecule has 310 valence electrons. The lowest BCUT2D eigenvalue weighted by Gasteiger charge is -2.26. The van der Waals surface area contributed by atoms with Crippen molar-refractivity contribution >= 4 is 0 Å². The molecule has 0 heteroatoms. The molecule has 0 aliphatic heterocycles. The third-order valence-corrected chi connectivity index (χ3v) is 12.1. The summed E-state index contributed by atoms with van der Waals surface area (Å²) in [6, 6.07) is 52.2. The van der Waals surface area contributed by atoms with Crippen LogP contribution in [0.4, 0.5) is 0 Å². The van der Waals surface area contributed by atoms with E-state index in [2.05, 4.69) is 103 Å². The van der Waals surface area contributed by atoms with Gasteiger partial charge in [0.25, 0.3) is 0 Å². The van der Waals surface area contributed by atoms with E-state index < -0.39 is 0 Å². The molecular formula is C58H78. The summed E-state index contributed by atoms with van der Waals surface area (Å²) >= 11 is 0. The Morgan fingerprint density at radius 2 is 0.552 bits per heavy atom. The van der Waals surface area contributed by atoms with Crippen LogP contribution in [0.5, 0.6) is 0 Å². The Bertz CT molecular complexity index is 1600. The van der Waals surface area contributed by atoms with E-state index in [1.54, 1.807) is 38.5 Å². The molecule has 0 atom stereocenters. The maximum absolute atomic E-state index is 3.11. The predicted molar refractivity (Wildman–Crippen MR) is 256 cm³/mol. The zero-order chi connectivity index (χ0) is 38.6. The Balaban J connectivity index is 0.000000205. The molecule has 0 N–H and O–H groups in total. The quantitative estimate of drug-likeness (QED) is 0.131. The van der Waals surface area contributed by atoms with E-state index in [1.165, 1.54) is 100 Å². The predicted octanol–water partition coefficient (Wildman–Crippen LogP) is 17.0. The first-order valence-corrected chi connectivity index (χ1v) is 22.5. The second kappa shape index (κ2) is 30.7. The first-order chi connectivity index (χ1) is 27.8. The van der Waals surface area contributed by atoms with Gasteiger partial charge in [-0.3, -0.25) is 0 Å². The molecule has 8 rings (SSSR count). The van der Waals surface area contributed by atoms with Crippen molar-refractivity contribution < 1.29 is 0 Å². The molecule has 0 saturated heterocycles. The van der Waals surface area contributed by atoms with Crippen molar-refractivity contribution in [3.8, 4) is 11.8 Å². The van der Waals surface area contributed by atoms with Gasteiger partial charge in [0.15, 0.2) is 0 Å². The summed E-state index contributed by atoms with van der Waals surface area (Å²) < 4.78 is 0. The summed E-state index contributed by atoms with van der Waals surface area (Å²) in [6.07, 6.45) is 30.8. The molecule has 0 nitrogen and oxygen atoms in total. The fourth-order valence-electron chi connectivity index (χ4n) is 8.68. The molecule has 5 aromatic rings. The lowest BCUT2D eigenvalue weighted by atomic mass is 9.80. The van der Waals surface area contributed by atoms with Gasteiger partial charge < -0.3 is 0 Å². The Morgan fingerprint density at radius 1 is 0.293 bits per heavy atom. The van der Waals surface area contributed by atoms with E-state index in [9.17, 15) is 0 Å². The highest BCUT2D eigenvalue weighted by atomic mass is 14.2. The van der Waals surface area contributed by atoms with Gasteiger partial charge in [0, 0.05) is 11.1 Å². The molecule has 0 bridgehead atoms. The number of aryl methyl sites for hydroxylation is 3. The third kappa shape index (κ3) is 20.9. The SMILES string of the molecule is C.C.C(#Cc1ccccc1)c1ccccc1.C1CCC(CCC2CCCCC2)CC1.c1ccc(CCC2CCCCC2)cc1.c1ccc(CCc2ccccc2)cc1. The van der Waals surface area contributed by atoms with Crippen molar-refractivity contribution in [3.05, 3.63) is 179 Å². The number of rotatable bonds is 9. The van der Waals surface area contributed by atoms with Crippen LogP contribution < -0.4 is 0 Å². The van der Waals surface area contributed by atoms with Gasteiger partial charge in [-0.2, -0.15) is 0 Å². The molecule has 3 aliphatic rings. The van der Waals surface area contributed by atoms with Crippen LogP contribution in [0.1, 0.15) is 158 Å². The second-order valence-corrected chi connectivity index (χ2v) is 16.6. The van der Waals surface area contributed by atoms with Gasteiger partial charge in [-0.25, -0.2) is 0 Å². The highest BCUT2D eigenvalue weighted by molar-refractivity contribution is 5.42. The highest BCUT2D eigenvalue weighted by Crippen LogP contribution is 2.33. The first-order valence-electron chi connectivity index (χ1n) is 22.5. The molecule has 0 heterocycles. The fourth-order valence-corrected chi connectivity index (χ4v) is 8.68. The minimum absolute atomic E-state index is 0. The van der Waals surface area contributed by atoms with E-state index in [-0.39, 0.29) is 14.9 Å². The lowest BCUT2D eigenvalue weighted by molar-refractivity contribution is 0.273. The van der Waals surface area contributed by atoms with Gasteiger partial charge in [0.05, 0.1) is 0 Å². The van der Waals surface area contributed by atoms with Crippen molar-refractivity contribution in [2.75, 3.05) is 0 Å². The summed E-state index contributed by atoms with van der Waals surface area (Å²) in [5.41, 5.74) is 6.44. The Hall–Kier alpha value is -4.34. The average molecular weight is 775 g/mol. The van der Waals surface area contributed by atoms with Crippen LogP contribution in [0.3, 0.4) is 0 Å². The summed E-state index contributed by atoms with van der Waals surface area (Å²) in [7, 11) is 0. The molecule has 0 unspecified atom stereocenters. The van der Waals surface area contributed by atoms with Crippen LogP contribution in [-0.4, -0.2) is 0 Å². The molecule has 3 aliphatic carbocycles. The monoisotopic (exact) mass is 775 g/mol. The smallest absolute Gasteiger partial charge is 0.0249 e. The van der Waals surface area contributed by atoms with E-state index >= 15 is 0 Å². The highest BCUT2D eigenvalue weighted by Gasteiger charge is 2.18. The number of benzene rings is 5. The number of hydrogen-bond acceptors (Lipinski definition) is 0. The Morgan fingerprint density at radius 3 is 0.862 bits per heavy atom. The van der Waals surface area contributed by atoms with Crippen molar-refractivity contribution in [2.45, 2.75) is 150 Å². The normalized spacial score (nSPS) is 15.4. The van der Waals surface area contributed by atoms with E-state index in [4.69, 9.17) is 0 Å². The minimum atomic E-state index is 0. The number of hydrogen-bond donors (Lipinski definition) is 0. The minimum Gasteiger partial charge on any atom is -0.0776 e. The van der Waals surface area contributed by atoms with E-state index in [1.807, 2.05) is 60.7 Å². The van der Waals surface area contributed by atoms with Gasteiger partial charge in [-0.15, -0.1) is 0 Å². The van der Waals surface area contributed by atoms with Crippen LogP contribution >= 0.6 is 0 Å². The van der Waals surface area contributed by atoms with Crippen LogP contribution in [-0.2, 0) is 19.3 Å². The summed E-state index contributed by atoms with van der Waals surface area (Å²) in [4.78, 5) is 0.